The molecule has 1 aliphatic rings. The topological polar surface area (TPSA) is 12.0 Å². The molecule has 2 radical (unpaired) electrons. The van der Waals surface area contributed by atoms with E-state index >= 15 is 0 Å². The average Bonchev–Trinajstić information content (AvgIpc) is 2.55. The summed E-state index contributed by atoms with van der Waals surface area (Å²) in [6, 6.07) is 13.1. The maximum atomic E-state index is 12.7. The van der Waals surface area contributed by atoms with Crippen molar-refractivity contribution >= 4 is 19.2 Å². The highest BCUT2D eigenvalue weighted by Crippen LogP contribution is 2.41. The molecular weight excluding hydrogens is 310 g/mol. The van der Waals surface area contributed by atoms with Crippen LogP contribution in [0.2, 0.25) is 5.82 Å². The van der Waals surface area contributed by atoms with Gasteiger partial charge >= 0.3 is 6.18 Å². The van der Waals surface area contributed by atoms with E-state index in [2.05, 4.69) is 11.4 Å². The van der Waals surface area contributed by atoms with Crippen LogP contribution in [0, 0.1) is 0 Å². The van der Waals surface area contributed by atoms with Crippen molar-refractivity contribution in [1.29, 1.82) is 0 Å². The number of hydrogen-bond donors (Lipinski definition) is 1. The Morgan fingerprint density at radius 2 is 1.67 bits per heavy atom. The molecule has 0 aliphatic heterocycles. The molecule has 124 valence electrons. The minimum Gasteiger partial charge on any atom is -0.355 e. The molecule has 0 bridgehead atoms. The molecule has 0 aromatic heterocycles. The maximum Gasteiger partial charge on any atom is 0.416 e. The number of benzene rings is 2. The van der Waals surface area contributed by atoms with Crippen LogP contribution < -0.4 is 5.32 Å². The standard InChI is InChI=1S/C19H19BF3N/c20-15-5-3-4-13(12-15)17-6-1-2-7-18(17)24-16-10-8-14(9-11-16)19(21,22)23/h1-2,6-11,13,15,24H,3-5,12H2. The van der Waals surface area contributed by atoms with Gasteiger partial charge in [0.15, 0.2) is 0 Å². The monoisotopic (exact) mass is 329 g/mol. The van der Waals surface area contributed by atoms with Crippen LogP contribution in [0.4, 0.5) is 24.5 Å². The molecule has 3 rings (SSSR count). The molecule has 2 atom stereocenters. The van der Waals surface area contributed by atoms with Gasteiger partial charge in [-0.25, -0.2) is 0 Å². The van der Waals surface area contributed by atoms with Gasteiger partial charge < -0.3 is 5.32 Å². The number of rotatable bonds is 3. The van der Waals surface area contributed by atoms with E-state index in [-0.39, 0.29) is 5.82 Å². The normalized spacial score (nSPS) is 21.5. The van der Waals surface area contributed by atoms with Crippen LogP contribution in [0.15, 0.2) is 48.5 Å². The summed E-state index contributed by atoms with van der Waals surface area (Å²) in [5.74, 6) is 0.620. The highest BCUT2D eigenvalue weighted by molar-refractivity contribution is 6.11. The highest BCUT2D eigenvalue weighted by Gasteiger charge is 2.30. The Labute approximate surface area is 141 Å². The van der Waals surface area contributed by atoms with Gasteiger partial charge in [0.1, 0.15) is 0 Å². The van der Waals surface area contributed by atoms with Crippen LogP contribution >= 0.6 is 0 Å². The van der Waals surface area contributed by atoms with Crippen LogP contribution in [0.3, 0.4) is 0 Å². The summed E-state index contributed by atoms with van der Waals surface area (Å²) in [6.45, 7) is 0. The highest BCUT2D eigenvalue weighted by atomic mass is 19.4. The van der Waals surface area contributed by atoms with E-state index in [4.69, 9.17) is 7.85 Å². The molecule has 2 aromatic carbocycles. The summed E-state index contributed by atoms with van der Waals surface area (Å²) >= 11 is 0. The van der Waals surface area contributed by atoms with Crippen molar-refractivity contribution in [3.05, 3.63) is 59.7 Å². The molecular formula is C19H19BF3N. The first kappa shape index (κ1) is 16.9. The molecule has 1 saturated carbocycles. The zero-order valence-corrected chi connectivity index (χ0v) is 13.3. The number of hydrogen-bond acceptors (Lipinski definition) is 1. The fraction of sp³-hybridized carbons (Fsp3) is 0.368. The fourth-order valence-corrected chi connectivity index (χ4v) is 3.37. The molecule has 0 saturated heterocycles. The lowest BCUT2D eigenvalue weighted by molar-refractivity contribution is -0.137. The van der Waals surface area contributed by atoms with Crippen LogP contribution in [-0.4, -0.2) is 7.85 Å². The van der Waals surface area contributed by atoms with Crippen molar-refractivity contribution in [2.75, 3.05) is 5.32 Å². The summed E-state index contributed by atoms with van der Waals surface area (Å²) in [5.41, 5.74) is 2.14. The second-order valence-corrected chi connectivity index (χ2v) is 6.41. The molecule has 1 N–H and O–H groups in total. The minimum absolute atomic E-state index is 0.225. The van der Waals surface area contributed by atoms with Crippen molar-refractivity contribution in [3.63, 3.8) is 0 Å². The third kappa shape index (κ3) is 3.95. The van der Waals surface area contributed by atoms with Gasteiger partial charge in [0.2, 0.25) is 0 Å². The molecule has 1 aliphatic carbocycles. The van der Waals surface area contributed by atoms with Crippen molar-refractivity contribution in [3.8, 4) is 0 Å². The summed E-state index contributed by atoms with van der Waals surface area (Å²) in [6.07, 6.45) is -0.0920. The molecule has 0 spiro atoms. The molecule has 1 fully saturated rings. The number of anilines is 2. The fourth-order valence-electron chi connectivity index (χ4n) is 3.37. The third-order valence-electron chi connectivity index (χ3n) is 4.61. The Kier molecular flexibility index (Phi) is 4.88. The molecule has 5 heteroatoms. The lowest BCUT2D eigenvalue weighted by atomic mass is 9.69. The summed E-state index contributed by atoms with van der Waals surface area (Å²) in [5, 5.41) is 3.26. The predicted molar refractivity (Wildman–Crippen MR) is 91.9 cm³/mol. The van der Waals surface area contributed by atoms with E-state index in [9.17, 15) is 13.2 Å². The molecule has 24 heavy (non-hydrogen) atoms. The number of alkyl halides is 3. The Hall–Kier alpha value is -1.91. The van der Waals surface area contributed by atoms with Crippen LogP contribution in [0.1, 0.15) is 42.7 Å². The minimum atomic E-state index is -4.31. The quantitative estimate of drug-likeness (QED) is 0.675. The first-order chi connectivity index (χ1) is 11.4. The lowest BCUT2D eigenvalue weighted by Gasteiger charge is -2.29. The number of halogens is 3. The van der Waals surface area contributed by atoms with Gasteiger partial charge in [-0.05, 0) is 48.2 Å². The van der Waals surface area contributed by atoms with Crippen LogP contribution in [0.25, 0.3) is 0 Å². The van der Waals surface area contributed by atoms with E-state index in [1.54, 1.807) is 0 Å². The Morgan fingerprint density at radius 1 is 0.958 bits per heavy atom. The van der Waals surface area contributed by atoms with Crippen molar-refractivity contribution in [2.24, 2.45) is 0 Å². The molecule has 2 unspecified atom stereocenters. The second kappa shape index (κ2) is 6.92. The zero-order chi connectivity index (χ0) is 17.2. The second-order valence-electron chi connectivity index (χ2n) is 6.41. The number of para-hydroxylation sites is 1. The molecule has 2 aromatic rings. The molecule has 0 heterocycles. The van der Waals surface area contributed by atoms with Gasteiger partial charge in [0.25, 0.3) is 0 Å². The van der Waals surface area contributed by atoms with Gasteiger partial charge in [-0.1, -0.05) is 43.3 Å². The first-order valence-corrected chi connectivity index (χ1v) is 8.22. The Morgan fingerprint density at radius 3 is 2.33 bits per heavy atom. The van der Waals surface area contributed by atoms with Gasteiger partial charge in [0, 0.05) is 11.4 Å². The van der Waals surface area contributed by atoms with Gasteiger partial charge in [-0.15, -0.1) is 0 Å². The van der Waals surface area contributed by atoms with E-state index in [1.807, 2.05) is 18.2 Å². The summed E-state index contributed by atoms with van der Waals surface area (Å²) in [7, 11) is 6.10. The first-order valence-electron chi connectivity index (χ1n) is 8.22. The van der Waals surface area contributed by atoms with Crippen molar-refractivity contribution in [1.82, 2.24) is 0 Å². The Balaban J connectivity index is 1.80. The van der Waals surface area contributed by atoms with E-state index < -0.39 is 11.7 Å². The van der Waals surface area contributed by atoms with E-state index in [0.29, 0.717) is 11.6 Å². The Bertz CT molecular complexity index is 682. The largest absolute Gasteiger partial charge is 0.416 e. The van der Waals surface area contributed by atoms with Crippen molar-refractivity contribution in [2.45, 2.75) is 43.6 Å². The van der Waals surface area contributed by atoms with Gasteiger partial charge in [0.05, 0.1) is 13.4 Å². The molecule has 1 nitrogen and oxygen atoms in total. The van der Waals surface area contributed by atoms with Gasteiger partial charge in [-0.2, -0.15) is 13.2 Å². The smallest absolute Gasteiger partial charge is 0.355 e. The SMILES string of the molecule is [B]C1CCCC(c2ccccc2Nc2ccc(C(F)(F)F)cc2)C1. The summed E-state index contributed by atoms with van der Waals surface area (Å²) < 4.78 is 38.0. The number of nitrogens with one attached hydrogen (secondary N) is 1. The summed E-state index contributed by atoms with van der Waals surface area (Å²) in [4.78, 5) is 0. The van der Waals surface area contributed by atoms with E-state index in [0.717, 1.165) is 43.5 Å². The van der Waals surface area contributed by atoms with Crippen molar-refractivity contribution < 1.29 is 13.2 Å². The molecule has 0 amide bonds. The van der Waals surface area contributed by atoms with Gasteiger partial charge in [-0.3, -0.25) is 0 Å². The van der Waals surface area contributed by atoms with E-state index in [1.165, 1.54) is 17.7 Å². The predicted octanol–water partition coefficient (Wildman–Crippen LogP) is 6.06. The maximum absolute atomic E-state index is 12.7. The third-order valence-corrected chi connectivity index (χ3v) is 4.61. The average molecular weight is 329 g/mol. The lowest BCUT2D eigenvalue weighted by Crippen LogP contribution is -2.12. The zero-order valence-electron chi connectivity index (χ0n) is 13.3. The van der Waals surface area contributed by atoms with Crippen LogP contribution in [0.5, 0.6) is 0 Å². The van der Waals surface area contributed by atoms with Crippen LogP contribution in [-0.2, 0) is 6.18 Å².